The van der Waals surface area contributed by atoms with Gasteiger partial charge in [0.05, 0.1) is 6.04 Å². The molecule has 2 fully saturated rings. The zero-order valence-electron chi connectivity index (χ0n) is 26.9. The number of carbonyl (C=O) groups is 3. The number of aliphatic imine (C=N–C) groups is 1. The van der Waals surface area contributed by atoms with Gasteiger partial charge in [-0.1, -0.05) is 46.8 Å². The maximum Gasteiger partial charge on any atom is 0.410 e. The van der Waals surface area contributed by atoms with Crippen LogP contribution in [0.2, 0.25) is 0 Å². The summed E-state index contributed by atoms with van der Waals surface area (Å²) in [6.45, 7) is 18.9. The van der Waals surface area contributed by atoms with Crippen LogP contribution in [0.25, 0.3) is 0 Å². The highest BCUT2D eigenvalue weighted by Crippen LogP contribution is 2.43. The Hall–Kier alpha value is -3.42. The maximum absolute atomic E-state index is 13.0. The van der Waals surface area contributed by atoms with Crippen LogP contribution in [-0.4, -0.2) is 46.6 Å². The van der Waals surface area contributed by atoms with E-state index in [1.165, 1.54) is 18.6 Å². The van der Waals surface area contributed by atoms with Gasteiger partial charge in [-0.3, -0.25) is 9.59 Å². The largest absolute Gasteiger partial charge is 0.444 e. The fraction of sp³-hybridized carbons (Fsp3) is 0.588. The fourth-order valence-electron chi connectivity index (χ4n) is 4.83. The third-order valence-corrected chi connectivity index (χ3v) is 7.33. The summed E-state index contributed by atoms with van der Waals surface area (Å²) in [5.41, 5.74) is 10.3. The molecular formula is C34H51N3O5. The van der Waals surface area contributed by atoms with Crippen molar-refractivity contribution in [2.75, 3.05) is 6.54 Å². The molecule has 0 aromatic heterocycles. The number of hydrogen-bond donors (Lipinski definition) is 1. The first-order valence-electron chi connectivity index (χ1n) is 15.3. The molecule has 2 unspecified atom stereocenters. The Kier molecular flexibility index (Phi) is 13.0. The van der Waals surface area contributed by atoms with Gasteiger partial charge in [-0.25, -0.2) is 9.79 Å². The second-order valence-electron chi connectivity index (χ2n) is 12.1. The van der Waals surface area contributed by atoms with E-state index in [0.717, 1.165) is 42.7 Å². The predicted octanol–water partition coefficient (Wildman–Crippen LogP) is 7.78. The summed E-state index contributed by atoms with van der Waals surface area (Å²) in [7, 11) is 0. The van der Waals surface area contributed by atoms with Crippen molar-refractivity contribution in [3.8, 4) is 5.75 Å². The summed E-state index contributed by atoms with van der Waals surface area (Å²) < 4.78 is 11.2. The van der Waals surface area contributed by atoms with Gasteiger partial charge in [-0.15, -0.1) is 0 Å². The minimum absolute atomic E-state index is 0.146. The number of ether oxygens (including phenoxy) is 2. The van der Waals surface area contributed by atoms with Crippen LogP contribution in [-0.2, 0) is 14.3 Å². The Labute approximate surface area is 252 Å². The van der Waals surface area contributed by atoms with E-state index in [2.05, 4.69) is 19.6 Å². The zero-order valence-corrected chi connectivity index (χ0v) is 26.9. The summed E-state index contributed by atoms with van der Waals surface area (Å²) in [6.07, 6.45) is 7.10. The van der Waals surface area contributed by atoms with E-state index in [9.17, 15) is 14.4 Å². The monoisotopic (exact) mass is 581 g/mol. The van der Waals surface area contributed by atoms with E-state index in [1.54, 1.807) is 4.90 Å². The highest BCUT2D eigenvalue weighted by Gasteiger charge is 2.36. The van der Waals surface area contributed by atoms with E-state index in [-0.39, 0.29) is 29.8 Å². The number of benzene rings is 1. The minimum atomic E-state index is -0.579. The Morgan fingerprint density at radius 2 is 1.86 bits per heavy atom. The lowest BCUT2D eigenvalue weighted by Crippen LogP contribution is -2.50. The molecule has 0 spiro atoms. The molecule has 1 aliphatic carbocycles. The van der Waals surface area contributed by atoms with Crippen molar-refractivity contribution in [2.24, 2.45) is 16.6 Å². The van der Waals surface area contributed by atoms with Gasteiger partial charge in [0.15, 0.2) is 11.5 Å². The number of hydrogen-bond acceptors (Lipinski definition) is 7. The van der Waals surface area contributed by atoms with Crippen LogP contribution in [0, 0.1) is 5.92 Å². The lowest BCUT2D eigenvalue weighted by molar-refractivity contribution is -0.131. The van der Waals surface area contributed by atoms with Gasteiger partial charge in [-0.05, 0) is 82.6 Å². The van der Waals surface area contributed by atoms with Crippen LogP contribution < -0.4 is 10.5 Å². The molecule has 2 aliphatic rings. The lowest BCUT2D eigenvalue weighted by atomic mass is 9.89. The van der Waals surface area contributed by atoms with Gasteiger partial charge in [0, 0.05) is 42.8 Å². The van der Waals surface area contributed by atoms with Gasteiger partial charge in [0.25, 0.3) is 0 Å². The van der Waals surface area contributed by atoms with Crippen molar-refractivity contribution in [2.45, 2.75) is 118 Å². The van der Waals surface area contributed by atoms with Gasteiger partial charge < -0.3 is 20.1 Å². The molecule has 1 heterocycles. The van der Waals surface area contributed by atoms with Crippen molar-refractivity contribution in [3.63, 3.8) is 0 Å². The van der Waals surface area contributed by atoms with Crippen LogP contribution >= 0.6 is 0 Å². The average molecular weight is 582 g/mol. The van der Waals surface area contributed by atoms with Gasteiger partial charge in [0.2, 0.25) is 0 Å². The van der Waals surface area contributed by atoms with E-state index in [0.29, 0.717) is 43.2 Å². The normalized spacial score (nSPS) is 19.8. The van der Waals surface area contributed by atoms with Crippen molar-refractivity contribution < 1.29 is 23.9 Å². The Morgan fingerprint density at radius 1 is 1.19 bits per heavy atom. The summed E-state index contributed by atoms with van der Waals surface area (Å²) in [4.78, 5) is 42.1. The van der Waals surface area contributed by atoms with Gasteiger partial charge in [-0.2, -0.15) is 0 Å². The second kappa shape index (κ2) is 15.7. The minimum Gasteiger partial charge on any atom is -0.444 e. The van der Waals surface area contributed by atoms with Crippen molar-refractivity contribution in [1.29, 1.82) is 0 Å². The number of nitrogens with zero attached hydrogens (tertiary/aromatic N) is 2. The fourth-order valence-corrected chi connectivity index (χ4v) is 4.83. The number of nitrogens with two attached hydrogens (primary N) is 1. The number of amides is 1. The standard InChI is InChI=1S/C27H39N3O4.C7H12O/c1-7-9-20(28)25-22(14-15-30(23(25)8-2)26(32)34-27(4,5)6)29-21-13-12-19(18-10-11-18)16-24(21)33-17(3)31;1-4-6(3)7(8)5-2/h12-13,16,18,23H,7-11,14-15,28H2,1-6H3;5-6H,2,4H2,1,3H3/b25-20+,29-22?;. The van der Waals surface area contributed by atoms with Crippen LogP contribution in [0.5, 0.6) is 5.75 Å². The van der Waals surface area contributed by atoms with E-state index in [1.807, 2.05) is 53.7 Å². The molecule has 1 saturated carbocycles. The highest BCUT2D eigenvalue weighted by atomic mass is 16.6. The Bertz CT molecular complexity index is 1190. The molecule has 1 aromatic carbocycles. The highest BCUT2D eigenvalue weighted by molar-refractivity contribution is 6.05. The number of likely N-dealkylation sites (tertiary alicyclic amines) is 1. The zero-order chi connectivity index (χ0) is 31.6. The first kappa shape index (κ1) is 34.8. The van der Waals surface area contributed by atoms with Crippen LogP contribution in [0.3, 0.4) is 0 Å². The molecule has 3 rings (SSSR count). The molecule has 0 bridgehead atoms. The van der Waals surface area contributed by atoms with E-state index in [4.69, 9.17) is 20.2 Å². The molecule has 2 N–H and O–H groups in total. The van der Waals surface area contributed by atoms with Gasteiger partial charge in [0.1, 0.15) is 11.3 Å². The van der Waals surface area contributed by atoms with Gasteiger partial charge >= 0.3 is 12.1 Å². The number of carbonyl (C=O) groups excluding carboxylic acids is 3. The first-order valence-corrected chi connectivity index (χ1v) is 15.3. The summed E-state index contributed by atoms with van der Waals surface area (Å²) in [6, 6.07) is 5.70. The topological polar surface area (TPSA) is 111 Å². The molecule has 1 amide bonds. The van der Waals surface area contributed by atoms with Crippen LogP contribution in [0.15, 0.2) is 47.1 Å². The number of rotatable bonds is 9. The third kappa shape index (κ3) is 10.1. The number of esters is 1. The molecule has 2 atom stereocenters. The number of allylic oxidation sites excluding steroid dienone is 2. The average Bonchev–Trinajstić information content (AvgIpc) is 3.77. The smallest absolute Gasteiger partial charge is 0.410 e. The molecule has 1 aromatic rings. The third-order valence-electron chi connectivity index (χ3n) is 7.33. The summed E-state index contributed by atoms with van der Waals surface area (Å²) in [5.74, 6) is 0.940. The predicted molar refractivity (Wildman–Crippen MR) is 169 cm³/mol. The van der Waals surface area contributed by atoms with Crippen molar-refractivity contribution in [3.05, 3.63) is 47.7 Å². The van der Waals surface area contributed by atoms with Crippen LogP contribution in [0.1, 0.15) is 112 Å². The molecule has 1 aliphatic heterocycles. The first-order chi connectivity index (χ1) is 19.8. The molecule has 1 saturated heterocycles. The maximum atomic E-state index is 13.0. The van der Waals surface area contributed by atoms with Crippen LogP contribution in [0.4, 0.5) is 10.5 Å². The molecule has 8 heteroatoms. The second-order valence-corrected chi connectivity index (χ2v) is 12.1. The van der Waals surface area contributed by atoms with Crippen molar-refractivity contribution in [1.82, 2.24) is 4.90 Å². The molecule has 0 radical (unpaired) electrons. The Balaban J connectivity index is 0.000000675. The summed E-state index contributed by atoms with van der Waals surface area (Å²) in [5, 5.41) is 0. The molecule has 8 nitrogen and oxygen atoms in total. The lowest BCUT2D eigenvalue weighted by Gasteiger charge is -2.39. The molecule has 42 heavy (non-hydrogen) atoms. The SMILES string of the molecule is C=CC(=O)C(C)CC.CCC/C(N)=C1/C(=Nc2ccc(C3CC3)cc2OC(C)=O)CCN(C(=O)OC(C)(C)C)C1CC. The molecular weight excluding hydrogens is 530 g/mol. The number of ketones is 1. The quantitative estimate of drug-likeness (QED) is 0.181. The van der Waals surface area contributed by atoms with E-state index >= 15 is 0 Å². The Morgan fingerprint density at radius 3 is 2.33 bits per heavy atom. The molecule has 232 valence electrons. The number of piperidine rings is 1. The van der Waals surface area contributed by atoms with E-state index < -0.39 is 5.60 Å². The summed E-state index contributed by atoms with van der Waals surface area (Å²) >= 11 is 0. The van der Waals surface area contributed by atoms with Crippen molar-refractivity contribution >= 4 is 29.2 Å².